The fourth-order valence-electron chi connectivity index (χ4n) is 6.26. The monoisotopic (exact) mass is 614 g/mol. The first-order valence-electron chi connectivity index (χ1n) is 11.3. The number of phenolic OH excluding ortho intramolecular Hbond substituents is 1. The largest absolute Gasteiger partial charge is 0.508 e. The molecule has 196 valence electrons. The summed E-state index contributed by atoms with van der Waals surface area (Å²) in [6.07, 6.45) is 0.418. The summed E-state index contributed by atoms with van der Waals surface area (Å²) < 4.78 is 9.95. The number of hydrogen-bond donors (Lipinski definition) is 1. The number of fused-ring (bicyclic) bond motifs is 4. The lowest BCUT2D eigenvalue weighted by molar-refractivity contribution is -0.140. The normalized spacial score (nSPS) is 34.7. The lowest BCUT2D eigenvalue weighted by atomic mass is 9.56. The van der Waals surface area contributed by atoms with Crippen LogP contribution in [0.4, 0.5) is 4.79 Å². The molecule has 6 unspecified atom stereocenters. The van der Waals surface area contributed by atoms with E-state index >= 15 is 0 Å². The van der Waals surface area contributed by atoms with Crippen molar-refractivity contribution < 1.29 is 38.6 Å². The molecule has 2 aliphatic carbocycles. The van der Waals surface area contributed by atoms with Crippen LogP contribution in [0.3, 0.4) is 0 Å². The van der Waals surface area contributed by atoms with Gasteiger partial charge in [-0.1, -0.05) is 27.6 Å². The van der Waals surface area contributed by atoms with Crippen LogP contribution in [0, 0.1) is 17.8 Å². The SMILES string of the molecule is COC(=O)N1C(=O)C2CC=C3C(CC4(Cl)C(=O)N(CBr)C(=O)C4(Cl)C3c3cc(OC)ccc3O)C2C1=O. The zero-order chi connectivity index (χ0) is 27.0. The van der Waals surface area contributed by atoms with Crippen molar-refractivity contribution in [2.24, 2.45) is 17.8 Å². The molecule has 0 radical (unpaired) electrons. The smallest absolute Gasteiger partial charge is 0.423 e. The zero-order valence-corrected chi connectivity index (χ0v) is 22.7. The molecule has 0 aromatic heterocycles. The van der Waals surface area contributed by atoms with Gasteiger partial charge in [0.1, 0.15) is 11.5 Å². The summed E-state index contributed by atoms with van der Waals surface area (Å²) in [5.74, 6) is -6.80. The number of phenols is 1. The number of likely N-dealkylation sites (tertiary alicyclic amines) is 2. The number of nitrogens with zero attached hydrogens (tertiary/aromatic N) is 2. The van der Waals surface area contributed by atoms with E-state index in [4.69, 9.17) is 27.9 Å². The molecule has 5 rings (SSSR count). The van der Waals surface area contributed by atoms with E-state index in [1.54, 1.807) is 6.08 Å². The van der Waals surface area contributed by atoms with Crippen molar-refractivity contribution in [1.82, 2.24) is 9.80 Å². The average Bonchev–Trinajstić information content (AvgIpc) is 3.22. The third-order valence-electron chi connectivity index (χ3n) is 7.92. The molecule has 2 heterocycles. The second kappa shape index (κ2) is 8.71. The predicted octanol–water partition coefficient (Wildman–Crippen LogP) is 2.88. The van der Waals surface area contributed by atoms with Crippen LogP contribution in [-0.4, -0.2) is 74.1 Å². The Balaban J connectivity index is 1.74. The molecular formula is C24H21BrCl2N2O8. The van der Waals surface area contributed by atoms with Gasteiger partial charge in [-0.15, -0.1) is 23.2 Å². The number of rotatable bonds is 3. The van der Waals surface area contributed by atoms with E-state index in [2.05, 4.69) is 20.7 Å². The number of allylic oxidation sites excluding steroid dienone is 2. The first-order chi connectivity index (χ1) is 17.5. The number of carbonyl (C=O) groups excluding carboxylic acids is 5. The molecule has 2 saturated heterocycles. The summed E-state index contributed by atoms with van der Waals surface area (Å²) in [6.45, 7) is 0. The van der Waals surface area contributed by atoms with Crippen LogP contribution in [0.2, 0.25) is 0 Å². The maximum Gasteiger partial charge on any atom is 0.423 e. The molecule has 1 N–H and O–H groups in total. The highest BCUT2D eigenvalue weighted by atomic mass is 79.9. The fraction of sp³-hybridized carbons (Fsp3) is 0.458. The predicted molar refractivity (Wildman–Crippen MR) is 132 cm³/mol. The van der Waals surface area contributed by atoms with Crippen molar-refractivity contribution in [2.75, 3.05) is 19.7 Å². The molecule has 1 aromatic rings. The number of hydrogen-bond acceptors (Lipinski definition) is 8. The van der Waals surface area contributed by atoms with Crippen molar-refractivity contribution in [3.05, 3.63) is 35.4 Å². The van der Waals surface area contributed by atoms with E-state index in [0.29, 0.717) is 16.2 Å². The lowest BCUT2D eigenvalue weighted by Crippen LogP contribution is -2.60. The Bertz CT molecular complexity index is 1300. The van der Waals surface area contributed by atoms with Gasteiger partial charge in [0.2, 0.25) is 11.8 Å². The first kappa shape index (κ1) is 26.0. The van der Waals surface area contributed by atoms with Gasteiger partial charge in [-0.05, 0) is 37.0 Å². The Labute approximate surface area is 229 Å². The van der Waals surface area contributed by atoms with E-state index in [0.717, 1.165) is 12.0 Å². The number of amides is 5. The number of aromatic hydroxyl groups is 1. The summed E-state index contributed by atoms with van der Waals surface area (Å²) in [5, 5.41) is 10.9. The Morgan fingerprint density at radius 1 is 1.14 bits per heavy atom. The molecule has 1 aromatic carbocycles. The van der Waals surface area contributed by atoms with Crippen molar-refractivity contribution in [3.8, 4) is 11.5 Å². The molecule has 10 nitrogen and oxygen atoms in total. The van der Waals surface area contributed by atoms with Gasteiger partial charge in [-0.25, -0.2) is 4.79 Å². The maximum absolute atomic E-state index is 13.7. The first-order valence-corrected chi connectivity index (χ1v) is 13.2. The molecule has 2 aliphatic heterocycles. The molecule has 37 heavy (non-hydrogen) atoms. The van der Waals surface area contributed by atoms with E-state index in [1.165, 1.54) is 25.3 Å². The second-order valence-electron chi connectivity index (χ2n) is 9.39. The highest BCUT2D eigenvalue weighted by Crippen LogP contribution is 2.66. The molecular weight excluding hydrogens is 595 g/mol. The van der Waals surface area contributed by atoms with Gasteiger partial charge in [0.25, 0.3) is 11.8 Å². The lowest BCUT2D eigenvalue weighted by Gasteiger charge is -2.50. The van der Waals surface area contributed by atoms with Gasteiger partial charge in [0.05, 0.1) is 31.5 Å². The van der Waals surface area contributed by atoms with Crippen LogP contribution < -0.4 is 4.74 Å². The molecule has 0 bridgehead atoms. The van der Waals surface area contributed by atoms with Crippen LogP contribution in [-0.2, 0) is 23.9 Å². The summed E-state index contributed by atoms with van der Waals surface area (Å²) in [4.78, 5) is 63.2. The Hall–Kier alpha value is -2.63. The number of benzene rings is 1. The highest BCUT2D eigenvalue weighted by Gasteiger charge is 2.76. The third-order valence-corrected chi connectivity index (χ3v) is 9.83. The number of imide groups is 4. The standard InChI is InChI=1S/C24H21BrCl2N2O8/c1-36-10-3-6-15(30)13(7-10)17-11-4-5-12-16(19(32)29(18(12)31)22(35)37-2)14(11)8-23(26)20(33)28(9-25)21(34)24(17,23)27/h3-4,6-7,12,14,16-17,30H,5,8-9H2,1-2H3. The molecule has 4 aliphatic rings. The summed E-state index contributed by atoms with van der Waals surface area (Å²) in [5.41, 5.74) is 0.475. The molecule has 3 fully saturated rings. The van der Waals surface area contributed by atoms with Crippen LogP contribution in [0.1, 0.15) is 24.3 Å². The highest BCUT2D eigenvalue weighted by molar-refractivity contribution is 9.09. The van der Waals surface area contributed by atoms with Gasteiger partial charge in [0.15, 0.2) is 9.75 Å². The molecule has 0 spiro atoms. The average molecular weight is 616 g/mol. The van der Waals surface area contributed by atoms with E-state index in [-0.39, 0.29) is 29.6 Å². The van der Waals surface area contributed by atoms with Gasteiger partial charge < -0.3 is 14.6 Å². The number of carbonyl (C=O) groups is 5. The Morgan fingerprint density at radius 2 is 1.84 bits per heavy atom. The number of ether oxygens (including phenoxy) is 2. The van der Waals surface area contributed by atoms with Crippen molar-refractivity contribution >= 4 is 68.9 Å². The topological polar surface area (TPSA) is 131 Å². The van der Waals surface area contributed by atoms with E-state index in [1.807, 2.05) is 0 Å². The summed E-state index contributed by atoms with van der Waals surface area (Å²) in [7, 11) is 2.48. The minimum absolute atomic E-state index is 0.0718. The van der Waals surface area contributed by atoms with Gasteiger partial charge in [0, 0.05) is 11.5 Å². The molecule has 1 saturated carbocycles. The van der Waals surface area contributed by atoms with Crippen LogP contribution in [0.5, 0.6) is 11.5 Å². The zero-order valence-electron chi connectivity index (χ0n) is 19.6. The number of methoxy groups -OCH3 is 2. The fourth-order valence-corrected chi connectivity index (χ4v) is 7.68. The molecule has 13 heteroatoms. The van der Waals surface area contributed by atoms with E-state index in [9.17, 15) is 29.1 Å². The van der Waals surface area contributed by atoms with Crippen LogP contribution in [0.15, 0.2) is 29.8 Å². The van der Waals surface area contributed by atoms with Gasteiger partial charge in [-0.2, -0.15) is 4.90 Å². The third kappa shape index (κ3) is 3.20. The second-order valence-corrected chi connectivity index (χ2v) is 11.1. The van der Waals surface area contributed by atoms with Crippen molar-refractivity contribution in [2.45, 2.75) is 28.5 Å². The quantitative estimate of drug-likeness (QED) is 0.238. The molecule has 6 atom stereocenters. The number of halogens is 3. The van der Waals surface area contributed by atoms with Gasteiger partial charge >= 0.3 is 6.09 Å². The van der Waals surface area contributed by atoms with E-state index < -0.39 is 63.1 Å². The van der Waals surface area contributed by atoms with Gasteiger partial charge in [-0.3, -0.25) is 24.1 Å². The maximum atomic E-state index is 13.7. The van der Waals surface area contributed by atoms with Crippen LogP contribution in [0.25, 0.3) is 0 Å². The van der Waals surface area contributed by atoms with Crippen LogP contribution >= 0.6 is 39.1 Å². The molecule has 5 amide bonds. The minimum atomic E-state index is -2.06. The van der Waals surface area contributed by atoms with Crippen molar-refractivity contribution in [3.63, 3.8) is 0 Å². The Kier molecular flexibility index (Phi) is 6.12. The number of alkyl halides is 3. The van der Waals surface area contributed by atoms with Crippen molar-refractivity contribution in [1.29, 1.82) is 0 Å². The minimum Gasteiger partial charge on any atom is -0.508 e. The summed E-state index contributed by atoms with van der Waals surface area (Å²) in [6, 6.07) is 4.37. The summed E-state index contributed by atoms with van der Waals surface area (Å²) >= 11 is 17.3. The Morgan fingerprint density at radius 3 is 2.46 bits per heavy atom.